The van der Waals surface area contributed by atoms with Gasteiger partial charge in [-0.1, -0.05) is 6.07 Å². The van der Waals surface area contributed by atoms with E-state index < -0.39 is 0 Å². The Balaban J connectivity index is 2.08. The van der Waals surface area contributed by atoms with Crippen LogP contribution in [0.2, 0.25) is 0 Å². The molecular formula is C17H20N2O4S. The van der Waals surface area contributed by atoms with E-state index >= 15 is 0 Å². The standard InChI is InChI=1S/C17H20N2O4S/c1-18(17(21)15-6-5-9-24-15)11-16(20)19(2)12-7-8-13(22-3)14(10-12)23-4/h5-10H,11H2,1-4H3. The Bertz CT molecular complexity index is 715. The number of hydrogen-bond acceptors (Lipinski definition) is 5. The number of rotatable bonds is 6. The van der Waals surface area contributed by atoms with Gasteiger partial charge in [0.25, 0.3) is 5.91 Å². The molecular weight excluding hydrogens is 328 g/mol. The zero-order chi connectivity index (χ0) is 17.7. The second-order valence-electron chi connectivity index (χ2n) is 5.13. The predicted molar refractivity (Wildman–Crippen MR) is 94.2 cm³/mol. The second kappa shape index (κ2) is 7.83. The van der Waals surface area contributed by atoms with E-state index in [-0.39, 0.29) is 18.4 Å². The molecule has 0 saturated carbocycles. The minimum atomic E-state index is -0.199. The van der Waals surface area contributed by atoms with Crippen molar-refractivity contribution in [1.29, 1.82) is 0 Å². The fourth-order valence-corrected chi connectivity index (χ4v) is 2.86. The highest BCUT2D eigenvalue weighted by Crippen LogP contribution is 2.31. The van der Waals surface area contributed by atoms with Crippen molar-refractivity contribution < 1.29 is 19.1 Å². The molecule has 0 saturated heterocycles. The Morgan fingerprint density at radius 3 is 2.38 bits per heavy atom. The number of carbonyl (C=O) groups excluding carboxylic acids is 2. The van der Waals surface area contributed by atoms with Gasteiger partial charge in [-0.3, -0.25) is 9.59 Å². The molecule has 0 aliphatic rings. The molecule has 0 unspecified atom stereocenters. The van der Waals surface area contributed by atoms with Crippen molar-refractivity contribution >= 4 is 28.8 Å². The highest BCUT2D eigenvalue weighted by molar-refractivity contribution is 7.12. The molecule has 0 aliphatic heterocycles. The molecule has 24 heavy (non-hydrogen) atoms. The first-order valence-corrected chi connectivity index (χ1v) is 8.13. The Kier molecular flexibility index (Phi) is 5.81. The Hall–Kier alpha value is -2.54. The summed E-state index contributed by atoms with van der Waals surface area (Å²) in [5.74, 6) is 0.762. The van der Waals surface area contributed by atoms with Crippen LogP contribution in [-0.2, 0) is 4.79 Å². The van der Waals surface area contributed by atoms with Crippen molar-refractivity contribution in [3.8, 4) is 11.5 Å². The highest BCUT2D eigenvalue weighted by atomic mass is 32.1. The first-order valence-electron chi connectivity index (χ1n) is 7.25. The number of carbonyl (C=O) groups is 2. The molecule has 128 valence electrons. The maximum absolute atomic E-state index is 12.4. The van der Waals surface area contributed by atoms with Gasteiger partial charge in [0.1, 0.15) is 6.54 Å². The normalized spacial score (nSPS) is 10.2. The van der Waals surface area contributed by atoms with E-state index in [1.165, 1.54) is 28.2 Å². The van der Waals surface area contributed by atoms with Gasteiger partial charge in [-0.15, -0.1) is 11.3 Å². The number of ether oxygens (including phenoxy) is 2. The molecule has 0 radical (unpaired) electrons. The highest BCUT2D eigenvalue weighted by Gasteiger charge is 2.19. The Morgan fingerprint density at radius 2 is 1.79 bits per heavy atom. The van der Waals surface area contributed by atoms with Crippen molar-refractivity contribution in [3.63, 3.8) is 0 Å². The minimum absolute atomic E-state index is 0.0123. The van der Waals surface area contributed by atoms with Crippen LogP contribution in [0.25, 0.3) is 0 Å². The van der Waals surface area contributed by atoms with Gasteiger partial charge in [-0.25, -0.2) is 0 Å². The number of hydrogen-bond donors (Lipinski definition) is 0. The number of nitrogens with zero attached hydrogens (tertiary/aromatic N) is 2. The van der Waals surface area contributed by atoms with Crippen molar-refractivity contribution in [2.75, 3.05) is 39.8 Å². The largest absolute Gasteiger partial charge is 0.493 e. The van der Waals surface area contributed by atoms with E-state index in [1.54, 1.807) is 45.5 Å². The van der Waals surface area contributed by atoms with Gasteiger partial charge in [0.15, 0.2) is 11.5 Å². The first-order chi connectivity index (χ1) is 11.5. The quantitative estimate of drug-likeness (QED) is 0.805. The molecule has 0 N–H and O–H groups in total. The summed E-state index contributed by atoms with van der Waals surface area (Å²) < 4.78 is 10.4. The zero-order valence-electron chi connectivity index (χ0n) is 14.1. The van der Waals surface area contributed by atoms with Gasteiger partial charge in [0.05, 0.1) is 19.1 Å². The van der Waals surface area contributed by atoms with Crippen molar-refractivity contribution in [2.45, 2.75) is 0 Å². The Labute approximate surface area is 145 Å². The van der Waals surface area contributed by atoms with Crippen LogP contribution in [0.15, 0.2) is 35.7 Å². The molecule has 1 aromatic heterocycles. The molecule has 1 aromatic carbocycles. The summed E-state index contributed by atoms with van der Waals surface area (Å²) in [4.78, 5) is 28.2. The summed E-state index contributed by atoms with van der Waals surface area (Å²) in [6, 6.07) is 8.77. The van der Waals surface area contributed by atoms with E-state index in [0.717, 1.165) is 0 Å². The number of amides is 2. The number of benzene rings is 1. The average Bonchev–Trinajstić information content (AvgIpc) is 3.14. The van der Waals surface area contributed by atoms with Gasteiger partial charge in [-0.2, -0.15) is 0 Å². The number of anilines is 1. The molecule has 0 spiro atoms. The maximum atomic E-state index is 12.4. The summed E-state index contributed by atoms with van der Waals surface area (Å²) >= 11 is 1.35. The van der Waals surface area contributed by atoms with Gasteiger partial charge in [0, 0.05) is 25.8 Å². The Morgan fingerprint density at radius 1 is 1.08 bits per heavy atom. The molecule has 2 amide bonds. The minimum Gasteiger partial charge on any atom is -0.493 e. The SMILES string of the molecule is COc1ccc(N(C)C(=O)CN(C)C(=O)c2cccs2)cc1OC. The molecule has 0 bridgehead atoms. The van der Waals surface area contributed by atoms with Gasteiger partial charge in [0.2, 0.25) is 5.91 Å². The third-order valence-corrected chi connectivity index (χ3v) is 4.44. The molecule has 0 aliphatic carbocycles. The smallest absolute Gasteiger partial charge is 0.264 e. The number of methoxy groups -OCH3 is 2. The third kappa shape index (κ3) is 3.86. The van der Waals surface area contributed by atoms with E-state index in [2.05, 4.69) is 0 Å². The summed E-state index contributed by atoms with van der Waals surface area (Å²) in [7, 11) is 6.36. The molecule has 0 fully saturated rings. The van der Waals surface area contributed by atoms with Gasteiger partial charge in [-0.05, 0) is 23.6 Å². The molecule has 6 nitrogen and oxygen atoms in total. The van der Waals surface area contributed by atoms with E-state index in [9.17, 15) is 9.59 Å². The number of likely N-dealkylation sites (N-methyl/N-ethyl adjacent to an activating group) is 2. The fraction of sp³-hybridized carbons (Fsp3) is 0.294. The molecule has 2 aromatic rings. The fourth-order valence-electron chi connectivity index (χ4n) is 2.15. The van der Waals surface area contributed by atoms with E-state index in [4.69, 9.17) is 9.47 Å². The van der Waals surface area contributed by atoms with Gasteiger partial charge >= 0.3 is 0 Å². The third-order valence-electron chi connectivity index (χ3n) is 3.58. The van der Waals surface area contributed by atoms with Crippen LogP contribution in [-0.4, -0.2) is 51.6 Å². The van der Waals surface area contributed by atoms with Crippen LogP contribution in [0, 0.1) is 0 Å². The van der Waals surface area contributed by atoms with E-state index in [0.29, 0.717) is 22.1 Å². The topological polar surface area (TPSA) is 59.1 Å². The zero-order valence-corrected chi connectivity index (χ0v) is 14.9. The van der Waals surface area contributed by atoms with E-state index in [1.807, 2.05) is 11.4 Å². The summed E-state index contributed by atoms with van der Waals surface area (Å²) in [6.45, 7) is -0.0123. The molecule has 7 heteroatoms. The van der Waals surface area contributed by atoms with Crippen LogP contribution in [0.5, 0.6) is 11.5 Å². The lowest BCUT2D eigenvalue weighted by atomic mass is 10.2. The second-order valence-corrected chi connectivity index (χ2v) is 6.08. The summed E-state index contributed by atoms with van der Waals surface area (Å²) in [5, 5.41) is 1.83. The van der Waals surface area contributed by atoms with Crippen LogP contribution in [0.1, 0.15) is 9.67 Å². The van der Waals surface area contributed by atoms with Crippen molar-refractivity contribution in [3.05, 3.63) is 40.6 Å². The van der Waals surface area contributed by atoms with Crippen LogP contribution in [0.3, 0.4) is 0 Å². The average molecular weight is 348 g/mol. The van der Waals surface area contributed by atoms with Crippen molar-refractivity contribution in [1.82, 2.24) is 4.90 Å². The van der Waals surface area contributed by atoms with Gasteiger partial charge < -0.3 is 19.3 Å². The summed E-state index contributed by atoms with van der Waals surface area (Å²) in [5.41, 5.74) is 0.662. The van der Waals surface area contributed by atoms with Crippen LogP contribution in [0.4, 0.5) is 5.69 Å². The summed E-state index contributed by atoms with van der Waals surface area (Å²) in [6.07, 6.45) is 0. The number of thiophene rings is 1. The monoisotopic (exact) mass is 348 g/mol. The lowest BCUT2D eigenvalue weighted by Crippen LogP contribution is -2.39. The lowest BCUT2D eigenvalue weighted by molar-refractivity contribution is -0.118. The molecule has 2 rings (SSSR count). The van der Waals surface area contributed by atoms with Crippen LogP contribution < -0.4 is 14.4 Å². The lowest BCUT2D eigenvalue weighted by Gasteiger charge is -2.22. The van der Waals surface area contributed by atoms with Crippen LogP contribution >= 0.6 is 11.3 Å². The van der Waals surface area contributed by atoms with Crippen molar-refractivity contribution in [2.24, 2.45) is 0 Å². The molecule has 1 heterocycles. The first kappa shape index (κ1) is 17.8. The predicted octanol–water partition coefficient (Wildman–Crippen LogP) is 2.50. The maximum Gasteiger partial charge on any atom is 0.264 e. The molecule has 0 atom stereocenters.